The van der Waals surface area contributed by atoms with Gasteiger partial charge in [0, 0.05) is 18.3 Å². The second-order valence-corrected chi connectivity index (χ2v) is 5.58. The van der Waals surface area contributed by atoms with Crippen molar-refractivity contribution >= 4 is 23.4 Å². The minimum Gasteiger partial charge on any atom is -0.463 e. The Labute approximate surface area is 129 Å². The Morgan fingerprint density at radius 3 is 2.71 bits per heavy atom. The van der Waals surface area contributed by atoms with E-state index < -0.39 is 0 Å². The zero-order valence-electron chi connectivity index (χ0n) is 12.5. The van der Waals surface area contributed by atoms with Crippen LogP contribution in [0.1, 0.15) is 27.4 Å². The number of rotatable bonds is 6. The first kappa shape index (κ1) is 15.5. The average molecular weight is 304 g/mol. The lowest BCUT2D eigenvalue weighted by Crippen LogP contribution is -2.19. The quantitative estimate of drug-likeness (QED) is 0.858. The van der Waals surface area contributed by atoms with Crippen molar-refractivity contribution in [3.63, 3.8) is 0 Å². The van der Waals surface area contributed by atoms with Gasteiger partial charge in [0.1, 0.15) is 11.5 Å². The number of thioether (sulfide) groups is 1. The van der Waals surface area contributed by atoms with Gasteiger partial charge in [-0.25, -0.2) is 0 Å². The molecule has 0 aliphatic carbocycles. The number of benzene rings is 1. The molecule has 1 heterocycles. The predicted octanol–water partition coefficient (Wildman–Crippen LogP) is 3.42. The molecular weight excluding hydrogens is 284 g/mol. The summed E-state index contributed by atoms with van der Waals surface area (Å²) in [6.45, 7) is 2.54. The van der Waals surface area contributed by atoms with Gasteiger partial charge in [0.25, 0.3) is 5.91 Å². The third-order valence-corrected chi connectivity index (χ3v) is 3.84. The number of carbonyl (C=O) groups excluding carboxylic acids is 1. The molecular formula is C16H20N2O2S. The van der Waals surface area contributed by atoms with Crippen LogP contribution in [0, 0.1) is 6.92 Å². The van der Waals surface area contributed by atoms with E-state index in [2.05, 4.69) is 10.6 Å². The fourth-order valence-corrected chi connectivity index (χ4v) is 2.57. The number of anilines is 1. The molecule has 5 heteroatoms. The number of amides is 1. The molecule has 0 saturated carbocycles. The molecule has 0 saturated heterocycles. The fraction of sp³-hybridized carbons (Fsp3) is 0.312. The molecule has 4 nitrogen and oxygen atoms in total. The molecule has 2 N–H and O–H groups in total. The van der Waals surface area contributed by atoms with Crippen molar-refractivity contribution in [2.24, 2.45) is 0 Å². The number of hydrogen-bond acceptors (Lipinski definition) is 4. The average Bonchev–Trinajstić information content (AvgIpc) is 2.93. The van der Waals surface area contributed by atoms with Gasteiger partial charge < -0.3 is 15.1 Å². The monoisotopic (exact) mass is 304 g/mol. The van der Waals surface area contributed by atoms with Crippen LogP contribution in [-0.2, 0) is 12.3 Å². The van der Waals surface area contributed by atoms with Gasteiger partial charge in [-0.2, -0.15) is 11.8 Å². The van der Waals surface area contributed by atoms with Crippen LogP contribution in [0.15, 0.2) is 34.7 Å². The largest absolute Gasteiger partial charge is 0.463 e. The number of furan rings is 1. The first-order valence-electron chi connectivity index (χ1n) is 6.77. The maximum Gasteiger partial charge on any atom is 0.251 e. The summed E-state index contributed by atoms with van der Waals surface area (Å²) in [6, 6.07) is 9.65. The van der Waals surface area contributed by atoms with Gasteiger partial charge in [0.05, 0.1) is 12.3 Å². The van der Waals surface area contributed by atoms with Crippen molar-refractivity contribution in [1.29, 1.82) is 0 Å². The van der Waals surface area contributed by atoms with Crippen LogP contribution >= 0.6 is 11.8 Å². The number of hydrogen-bond donors (Lipinski definition) is 2. The van der Waals surface area contributed by atoms with E-state index >= 15 is 0 Å². The van der Waals surface area contributed by atoms with Crippen molar-refractivity contribution < 1.29 is 9.21 Å². The standard InChI is InChI=1S/C16H20N2O2S/c1-11-14(16(19)17-2)5-4-6-15(11)18-9-12-7-8-13(20-12)10-21-3/h4-8,18H,9-10H2,1-3H3,(H,17,19). The summed E-state index contributed by atoms with van der Waals surface area (Å²) in [5.74, 6) is 2.68. The Hall–Kier alpha value is -1.88. The summed E-state index contributed by atoms with van der Waals surface area (Å²) in [6.07, 6.45) is 2.05. The first-order valence-corrected chi connectivity index (χ1v) is 8.17. The van der Waals surface area contributed by atoms with E-state index in [0.717, 1.165) is 28.5 Å². The highest BCUT2D eigenvalue weighted by Crippen LogP contribution is 2.20. The van der Waals surface area contributed by atoms with Crippen LogP contribution in [0.5, 0.6) is 0 Å². The van der Waals surface area contributed by atoms with Crippen molar-refractivity contribution in [2.45, 2.75) is 19.2 Å². The van der Waals surface area contributed by atoms with E-state index in [4.69, 9.17) is 4.42 Å². The second kappa shape index (κ2) is 7.22. The molecule has 2 rings (SSSR count). The SMILES string of the molecule is CNC(=O)c1cccc(NCc2ccc(CSC)o2)c1C. The van der Waals surface area contributed by atoms with E-state index in [1.165, 1.54) is 0 Å². The molecule has 1 aromatic heterocycles. The first-order chi connectivity index (χ1) is 10.2. The van der Waals surface area contributed by atoms with Crippen LogP contribution in [0.3, 0.4) is 0 Å². The minimum atomic E-state index is -0.0728. The third kappa shape index (κ3) is 3.82. The summed E-state index contributed by atoms with van der Waals surface area (Å²) >= 11 is 1.73. The number of carbonyl (C=O) groups is 1. The van der Waals surface area contributed by atoms with Gasteiger partial charge in [0.15, 0.2) is 0 Å². The van der Waals surface area contributed by atoms with Crippen LogP contribution in [0.25, 0.3) is 0 Å². The summed E-state index contributed by atoms with van der Waals surface area (Å²) in [5.41, 5.74) is 2.57. The molecule has 2 aromatic rings. The highest BCUT2D eigenvalue weighted by atomic mass is 32.2. The summed E-state index contributed by atoms with van der Waals surface area (Å²) in [4.78, 5) is 11.8. The van der Waals surface area contributed by atoms with Crippen LogP contribution in [0.4, 0.5) is 5.69 Å². The van der Waals surface area contributed by atoms with Crippen molar-refractivity contribution in [3.8, 4) is 0 Å². The van der Waals surface area contributed by atoms with Crippen LogP contribution in [0.2, 0.25) is 0 Å². The maximum absolute atomic E-state index is 11.8. The van der Waals surface area contributed by atoms with Crippen molar-refractivity contribution in [3.05, 3.63) is 53.0 Å². The Morgan fingerprint density at radius 2 is 2.00 bits per heavy atom. The highest BCUT2D eigenvalue weighted by Gasteiger charge is 2.10. The molecule has 0 spiro atoms. The topological polar surface area (TPSA) is 54.3 Å². The zero-order chi connectivity index (χ0) is 15.2. The molecule has 1 aromatic carbocycles. The summed E-state index contributed by atoms with van der Waals surface area (Å²) < 4.78 is 5.72. The van der Waals surface area contributed by atoms with E-state index in [1.807, 2.05) is 43.5 Å². The molecule has 0 bridgehead atoms. The molecule has 21 heavy (non-hydrogen) atoms. The molecule has 0 radical (unpaired) electrons. The van der Waals surface area contributed by atoms with E-state index in [0.29, 0.717) is 12.1 Å². The fourth-order valence-electron chi connectivity index (χ4n) is 2.13. The second-order valence-electron chi connectivity index (χ2n) is 4.71. The number of nitrogens with one attached hydrogen (secondary N) is 2. The normalized spacial score (nSPS) is 10.4. The van der Waals surface area contributed by atoms with Crippen molar-refractivity contribution in [2.75, 3.05) is 18.6 Å². The van der Waals surface area contributed by atoms with E-state index in [9.17, 15) is 4.79 Å². The molecule has 0 unspecified atom stereocenters. The van der Waals surface area contributed by atoms with Gasteiger partial charge in [0.2, 0.25) is 0 Å². The third-order valence-electron chi connectivity index (χ3n) is 3.26. The minimum absolute atomic E-state index is 0.0728. The zero-order valence-corrected chi connectivity index (χ0v) is 13.3. The summed E-state index contributed by atoms with van der Waals surface area (Å²) in [5, 5.41) is 5.98. The Bertz CT molecular complexity index is 622. The van der Waals surface area contributed by atoms with Crippen molar-refractivity contribution in [1.82, 2.24) is 5.32 Å². The Morgan fingerprint density at radius 1 is 1.24 bits per heavy atom. The molecule has 1 amide bonds. The summed E-state index contributed by atoms with van der Waals surface area (Å²) in [7, 11) is 1.64. The lowest BCUT2D eigenvalue weighted by atomic mass is 10.1. The van der Waals surface area contributed by atoms with Gasteiger partial charge in [-0.05, 0) is 43.0 Å². The van der Waals surface area contributed by atoms with Gasteiger partial charge in [-0.15, -0.1) is 0 Å². The smallest absolute Gasteiger partial charge is 0.251 e. The lowest BCUT2D eigenvalue weighted by Gasteiger charge is -2.11. The molecule has 112 valence electrons. The van der Waals surface area contributed by atoms with Crippen LogP contribution < -0.4 is 10.6 Å². The molecule has 0 aliphatic rings. The predicted molar refractivity (Wildman–Crippen MR) is 87.8 cm³/mol. The van der Waals surface area contributed by atoms with E-state index in [1.54, 1.807) is 18.8 Å². The maximum atomic E-state index is 11.8. The van der Waals surface area contributed by atoms with Crippen LogP contribution in [-0.4, -0.2) is 19.2 Å². The Kier molecular flexibility index (Phi) is 5.33. The highest BCUT2D eigenvalue weighted by molar-refractivity contribution is 7.97. The molecule has 0 fully saturated rings. The van der Waals surface area contributed by atoms with Gasteiger partial charge in [-0.3, -0.25) is 4.79 Å². The lowest BCUT2D eigenvalue weighted by molar-refractivity contribution is 0.0962. The molecule has 0 aliphatic heterocycles. The molecule has 0 atom stereocenters. The Balaban J connectivity index is 2.07. The van der Waals surface area contributed by atoms with E-state index in [-0.39, 0.29) is 5.91 Å². The van der Waals surface area contributed by atoms with Gasteiger partial charge >= 0.3 is 0 Å². The van der Waals surface area contributed by atoms with Gasteiger partial charge in [-0.1, -0.05) is 6.07 Å².